The average Bonchev–Trinajstić information content (AvgIpc) is 2.93. The maximum Gasteiger partial charge on any atom is 0.254 e. The molecule has 0 bridgehead atoms. The quantitative estimate of drug-likeness (QED) is 0.879. The van der Waals surface area contributed by atoms with Crippen molar-refractivity contribution in [2.24, 2.45) is 0 Å². The Morgan fingerprint density at radius 2 is 2.06 bits per heavy atom. The number of hydrogen-bond acceptors (Lipinski definition) is 3. The number of benzene rings is 1. The van der Waals surface area contributed by atoms with Gasteiger partial charge in [0.05, 0.1) is 18.9 Å². The van der Waals surface area contributed by atoms with Gasteiger partial charge >= 0.3 is 0 Å². The van der Waals surface area contributed by atoms with Gasteiger partial charge in [0.1, 0.15) is 12.0 Å². The number of amides is 1. The summed E-state index contributed by atoms with van der Waals surface area (Å²) in [6.45, 7) is 0.594. The van der Waals surface area contributed by atoms with Gasteiger partial charge in [-0.1, -0.05) is 12.1 Å². The lowest BCUT2D eigenvalue weighted by Gasteiger charge is -2.05. The van der Waals surface area contributed by atoms with Crippen LogP contribution < -0.4 is 10.1 Å². The van der Waals surface area contributed by atoms with Gasteiger partial charge in [-0.3, -0.25) is 4.79 Å². The van der Waals surface area contributed by atoms with E-state index in [1.165, 1.54) is 12.5 Å². The number of carbonyl (C=O) groups excluding carboxylic acids is 1. The zero-order chi connectivity index (χ0) is 12.8. The van der Waals surface area contributed by atoms with Crippen LogP contribution in [0, 0.1) is 0 Å². The molecule has 0 saturated heterocycles. The summed E-state index contributed by atoms with van der Waals surface area (Å²) in [5.74, 6) is 0.721. The first-order valence-corrected chi connectivity index (χ1v) is 5.73. The molecule has 1 aromatic carbocycles. The molecular weight excluding hydrogens is 230 g/mol. The Bertz CT molecular complexity index is 488. The van der Waals surface area contributed by atoms with Crippen molar-refractivity contribution >= 4 is 5.91 Å². The molecule has 0 saturated carbocycles. The van der Waals surface area contributed by atoms with Crippen LogP contribution in [0.1, 0.15) is 15.9 Å². The number of ether oxygens (including phenoxy) is 1. The molecule has 0 spiro atoms. The van der Waals surface area contributed by atoms with E-state index in [0.717, 1.165) is 17.7 Å². The number of nitrogens with one attached hydrogen (secondary N) is 1. The van der Waals surface area contributed by atoms with Crippen LogP contribution in [-0.2, 0) is 6.42 Å². The smallest absolute Gasteiger partial charge is 0.254 e. The molecule has 0 fully saturated rings. The molecule has 1 aromatic heterocycles. The Kier molecular flexibility index (Phi) is 4.02. The molecule has 1 heterocycles. The summed E-state index contributed by atoms with van der Waals surface area (Å²) in [4.78, 5) is 11.6. The molecule has 18 heavy (non-hydrogen) atoms. The lowest BCUT2D eigenvalue weighted by Crippen LogP contribution is -2.25. The summed E-state index contributed by atoms with van der Waals surface area (Å²) >= 11 is 0. The molecule has 2 rings (SSSR count). The third-order valence-corrected chi connectivity index (χ3v) is 2.64. The Morgan fingerprint density at radius 3 is 2.67 bits per heavy atom. The molecule has 0 aliphatic carbocycles. The highest BCUT2D eigenvalue weighted by molar-refractivity contribution is 5.93. The van der Waals surface area contributed by atoms with Crippen molar-refractivity contribution in [2.45, 2.75) is 6.42 Å². The van der Waals surface area contributed by atoms with Crippen molar-refractivity contribution in [3.63, 3.8) is 0 Å². The number of furan rings is 1. The lowest BCUT2D eigenvalue weighted by atomic mass is 10.1. The third-order valence-electron chi connectivity index (χ3n) is 2.64. The second-order valence-electron chi connectivity index (χ2n) is 3.87. The van der Waals surface area contributed by atoms with Crippen molar-refractivity contribution in [2.75, 3.05) is 13.7 Å². The van der Waals surface area contributed by atoms with Gasteiger partial charge in [0.25, 0.3) is 5.91 Å². The molecule has 1 amide bonds. The maximum atomic E-state index is 11.6. The fourth-order valence-electron chi connectivity index (χ4n) is 1.61. The molecule has 94 valence electrons. The maximum absolute atomic E-state index is 11.6. The van der Waals surface area contributed by atoms with E-state index in [-0.39, 0.29) is 5.91 Å². The molecular formula is C14H15NO3. The Hall–Kier alpha value is -2.23. The fourth-order valence-corrected chi connectivity index (χ4v) is 1.61. The van der Waals surface area contributed by atoms with Gasteiger partial charge in [-0.15, -0.1) is 0 Å². The summed E-state index contributed by atoms with van der Waals surface area (Å²) in [5.41, 5.74) is 1.70. The van der Waals surface area contributed by atoms with Gasteiger partial charge in [-0.2, -0.15) is 0 Å². The summed E-state index contributed by atoms with van der Waals surface area (Å²) < 4.78 is 9.93. The molecule has 4 nitrogen and oxygen atoms in total. The van der Waals surface area contributed by atoms with Crippen LogP contribution in [-0.4, -0.2) is 19.6 Å². The van der Waals surface area contributed by atoms with Gasteiger partial charge in [0.15, 0.2) is 0 Å². The van der Waals surface area contributed by atoms with Crippen LogP contribution >= 0.6 is 0 Å². The first-order chi connectivity index (χ1) is 8.79. The number of hydrogen-bond donors (Lipinski definition) is 1. The standard InChI is InChI=1S/C14H15NO3/c1-17-13-4-2-11(3-5-13)6-8-15-14(16)12-7-9-18-10-12/h2-5,7,9-10H,6,8H2,1H3,(H,15,16). The minimum absolute atomic E-state index is 0.114. The first-order valence-electron chi connectivity index (χ1n) is 5.73. The molecule has 0 aliphatic rings. The van der Waals surface area contributed by atoms with E-state index in [1.54, 1.807) is 13.2 Å². The zero-order valence-electron chi connectivity index (χ0n) is 10.2. The van der Waals surface area contributed by atoms with Gasteiger partial charge in [0, 0.05) is 6.54 Å². The van der Waals surface area contributed by atoms with Crippen molar-refractivity contribution in [1.82, 2.24) is 5.32 Å². The van der Waals surface area contributed by atoms with E-state index in [0.29, 0.717) is 12.1 Å². The second-order valence-corrected chi connectivity index (χ2v) is 3.87. The van der Waals surface area contributed by atoms with E-state index in [1.807, 2.05) is 24.3 Å². The van der Waals surface area contributed by atoms with Crippen molar-refractivity contribution < 1.29 is 13.9 Å². The predicted octanol–water partition coefficient (Wildman–Crippen LogP) is 2.26. The van der Waals surface area contributed by atoms with Gasteiger partial charge in [-0.25, -0.2) is 0 Å². The van der Waals surface area contributed by atoms with Crippen molar-refractivity contribution in [1.29, 1.82) is 0 Å². The van der Waals surface area contributed by atoms with Crippen LogP contribution in [0.2, 0.25) is 0 Å². The highest BCUT2D eigenvalue weighted by atomic mass is 16.5. The normalized spacial score (nSPS) is 10.1. The van der Waals surface area contributed by atoms with Crippen LogP contribution in [0.4, 0.5) is 0 Å². The number of carbonyl (C=O) groups is 1. The largest absolute Gasteiger partial charge is 0.497 e. The van der Waals surface area contributed by atoms with E-state index in [9.17, 15) is 4.79 Å². The summed E-state index contributed by atoms with van der Waals surface area (Å²) in [7, 11) is 1.64. The Morgan fingerprint density at radius 1 is 1.28 bits per heavy atom. The van der Waals surface area contributed by atoms with E-state index in [2.05, 4.69) is 5.32 Å². The Balaban J connectivity index is 1.79. The second kappa shape index (κ2) is 5.91. The minimum Gasteiger partial charge on any atom is -0.497 e. The van der Waals surface area contributed by atoms with Crippen LogP contribution in [0.15, 0.2) is 47.3 Å². The number of methoxy groups -OCH3 is 1. The van der Waals surface area contributed by atoms with Crippen LogP contribution in [0.25, 0.3) is 0 Å². The highest BCUT2D eigenvalue weighted by Gasteiger charge is 2.05. The van der Waals surface area contributed by atoms with E-state index in [4.69, 9.17) is 9.15 Å². The molecule has 4 heteroatoms. The first kappa shape index (κ1) is 12.2. The SMILES string of the molecule is COc1ccc(CCNC(=O)c2ccoc2)cc1. The van der Waals surface area contributed by atoms with Gasteiger partial charge in [0.2, 0.25) is 0 Å². The fraction of sp³-hybridized carbons (Fsp3) is 0.214. The van der Waals surface area contributed by atoms with Crippen LogP contribution in [0.3, 0.4) is 0 Å². The molecule has 0 aliphatic heterocycles. The highest BCUT2D eigenvalue weighted by Crippen LogP contribution is 2.11. The van der Waals surface area contributed by atoms with Crippen LogP contribution in [0.5, 0.6) is 5.75 Å². The molecule has 0 unspecified atom stereocenters. The monoisotopic (exact) mass is 245 g/mol. The topological polar surface area (TPSA) is 51.5 Å². The minimum atomic E-state index is -0.114. The molecule has 1 N–H and O–H groups in total. The summed E-state index contributed by atoms with van der Waals surface area (Å²) in [5, 5.41) is 2.83. The molecule has 0 atom stereocenters. The van der Waals surface area contributed by atoms with E-state index < -0.39 is 0 Å². The van der Waals surface area contributed by atoms with Crippen molar-refractivity contribution in [3.05, 3.63) is 54.0 Å². The average molecular weight is 245 g/mol. The molecule has 2 aromatic rings. The summed E-state index contributed by atoms with van der Waals surface area (Å²) in [6, 6.07) is 9.44. The van der Waals surface area contributed by atoms with E-state index >= 15 is 0 Å². The lowest BCUT2D eigenvalue weighted by molar-refractivity contribution is 0.0953. The van der Waals surface area contributed by atoms with Crippen molar-refractivity contribution in [3.8, 4) is 5.75 Å². The molecule has 0 radical (unpaired) electrons. The third kappa shape index (κ3) is 3.13. The predicted molar refractivity (Wildman–Crippen MR) is 67.7 cm³/mol. The number of rotatable bonds is 5. The summed E-state index contributed by atoms with van der Waals surface area (Å²) in [6.07, 6.45) is 3.70. The van der Waals surface area contributed by atoms with Gasteiger partial charge < -0.3 is 14.5 Å². The van der Waals surface area contributed by atoms with Gasteiger partial charge in [-0.05, 0) is 30.2 Å². The zero-order valence-corrected chi connectivity index (χ0v) is 10.2. The Labute approximate surface area is 106 Å².